The molecule has 2 aromatic carbocycles. The van der Waals surface area contributed by atoms with E-state index in [-0.39, 0.29) is 11.4 Å². The van der Waals surface area contributed by atoms with Crippen molar-refractivity contribution in [1.29, 1.82) is 5.26 Å². The van der Waals surface area contributed by atoms with Crippen molar-refractivity contribution in [3.8, 4) is 6.07 Å². The second-order valence-electron chi connectivity index (χ2n) is 4.11. The summed E-state index contributed by atoms with van der Waals surface area (Å²) in [5, 5.41) is 19.9. The zero-order valence-electron chi connectivity index (χ0n) is 10.6. The van der Waals surface area contributed by atoms with Crippen molar-refractivity contribution in [3.63, 3.8) is 0 Å². The molecule has 0 bridgehead atoms. The summed E-state index contributed by atoms with van der Waals surface area (Å²) < 4.78 is 13.3. The second kappa shape index (κ2) is 5.36. The number of hydrogen-bond donors (Lipinski definition) is 0. The maximum atomic E-state index is 13.3. The topological polar surface area (TPSA) is 70.2 Å². The first-order valence-electron chi connectivity index (χ1n) is 5.71. The molecule has 0 aliphatic heterocycles. The minimum atomic E-state index is -0.570. The van der Waals surface area contributed by atoms with Gasteiger partial charge in [0.1, 0.15) is 11.5 Å². The average Bonchev–Trinajstić information content (AvgIpc) is 2.46. The van der Waals surface area contributed by atoms with Crippen LogP contribution in [-0.4, -0.2) is 12.0 Å². The van der Waals surface area contributed by atoms with Crippen LogP contribution in [0.3, 0.4) is 0 Å². The Kier molecular flexibility index (Phi) is 3.62. The van der Waals surface area contributed by atoms with Crippen LogP contribution in [0.5, 0.6) is 0 Å². The lowest BCUT2D eigenvalue weighted by Crippen LogP contribution is -2.12. The lowest BCUT2D eigenvalue weighted by Gasteiger charge is -2.19. The van der Waals surface area contributed by atoms with Gasteiger partial charge in [0.25, 0.3) is 5.69 Å². The van der Waals surface area contributed by atoms with Crippen molar-refractivity contribution in [1.82, 2.24) is 0 Å². The summed E-state index contributed by atoms with van der Waals surface area (Å²) >= 11 is 0. The highest BCUT2D eigenvalue weighted by atomic mass is 19.1. The maximum absolute atomic E-state index is 13.3. The number of halogens is 1. The largest absolute Gasteiger partial charge is 0.339 e. The molecule has 0 radical (unpaired) electrons. The van der Waals surface area contributed by atoms with Crippen LogP contribution in [0.25, 0.3) is 0 Å². The minimum Gasteiger partial charge on any atom is -0.339 e. The molecule has 0 amide bonds. The Labute approximate surface area is 114 Å². The van der Waals surface area contributed by atoms with Crippen LogP contribution in [0.15, 0.2) is 42.5 Å². The van der Waals surface area contributed by atoms with Crippen LogP contribution in [-0.2, 0) is 0 Å². The second-order valence-corrected chi connectivity index (χ2v) is 4.11. The number of anilines is 2. The zero-order valence-corrected chi connectivity index (χ0v) is 10.6. The number of rotatable bonds is 3. The fourth-order valence-corrected chi connectivity index (χ4v) is 1.84. The van der Waals surface area contributed by atoms with Crippen molar-refractivity contribution in [2.45, 2.75) is 0 Å². The highest BCUT2D eigenvalue weighted by molar-refractivity contribution is 5.72. The Bertz CT molecular complexity index is 710. The molecule has 0 N–H and O–H groups in total. The van der Waals surface area contributed by atoms with E-state index in [1.54, 1.807) is 31.3 Å². The molecule has 0 unspecified atom stereocenters. The van der Waals surface area contributed by atoms with Crippen LogP contribution in [0, 0.1) is 27.3 Å². The summed E-state index contributed by atoms with van der Waals surface area (Å²) in [6, 6.07) is 11.8. The Morgan fingerprint density at radius 1 is 1.30 bits per heavy atom. The van der Waals surface area contributed by atoms with E-state index in [1.807, 2.05) is 6.07 Å². The van der Waals surface area contributed by atoms with E-state index < -0.39 is 10.7 Å². The fourth-order valence-electron chi connectivity index (χ4n) is 1.84. The zero-order chi connectivity index (χ0) is 14.7. The number of nitriles is 1. The van der Waals surface area contributed by atoms with E-state index in [1.165, 1.54) is 4.90 Å². The van der Waals surface area contributed by atoms with E-state index in [0.717, 1.165) is 18.2 Å². The molecular weight excluding hydrogens is 261 g/mol. The maximum Gasteiger partial charge on any atom is 0.293 e. The minimum absolute atomic E-state index is 0.130. The molecule has 0 spiro atoms. The van der Waals surface area contributed by atoms with E-state index in [4.69, 9.17) is 5.26 Å². The number of nitro groups is 1. The first kappa shape index (κ1) is 13.5. The van der Waals surface area contributed by atoms with Gasteiger partial charge in [-0.15, -0.1) is 0 Å². The molecule has 0 atom stereocenters. The number of benzene rings is 2. The van der Waals surface area contributed by atoms with Gasteiger partial charge >= 0.3 is 0 Å². The SMILES string of the molecule is CN(c1cccc(C#N)c1)c1cc(F)ccc1[N+](=O)[O-]. The molecule has 2 rings (SSSR count). The molecule has 6 heteroatoms. The van der Waals surface area contributed by atoms with E-state index >= 15 is 0 Å². The molecule has 0 saturated heterocycles. The molecule has 0 fully saturated rings. The summed E-state index contributed by atoms with van der Waals surface area (Å²) in [4.78, 5) is 11.9. The van der Waals surface area contributed by atoms with Gasteiger partial charge < -0.3 is 4.90 Å². The number of hydrogen-bond acceptors (Lipinski definition) is 4. The van der Waals surface area contributed by atoms with Crippen molar-refractivity contribution < 1.29 is 9.31 Å². The third-order valence-corrected chi connectivity index (χ3v) is 2.86. The predicted molar refractivity (Wildman–Crippen MR) is 72.3 cm³/mol. The summed E-state index contributed by atoms with van der Waals surface area (Å²) in [6.07, 6.45) is 0. The smallest absolute Gasteiger partial charge is 0.293 e. The third-order valence-electron chi connectivity index (χ3n) is 2.86. The van der Waals surface area contributed by atoms with Crippen molar-refractivity contribution >= 4 is 17.1 Å². The lowest BCUT2D eigenvalue weighted by atomic mass is 10.2. The first-order chi connectivity index (χ1) is 9.52. The molecule has 0 aromatic heterocycles. The van der Waals surface area contributed by atoms with Gasteiger partial charge in [-0.3, -0.25) is 10.1 Å². The van der Waals surface area contributed by atoms with Crippen molar-refractivity contribution in [3.05, 3.63) is 64.0 Å². The van der Waals surface area contributed by atoms with Gasteiger partial charge in [0, 0.05) is 24.9 Å². The third kappa shape index (κ3) is 2.57. The molecule has 0 heterocycles. The fraction of sp³-hybridized carbons (Fsp3) is 0.0714. The summed E-state index contributed by atoms with van der Waals surface area (Å²) in [5.74, 6) is -0.561. The standard InChI is InChI=1S/C14H10FN3O2/c1-17(12-4-2-3-10(7-12)9-16)14-8-11(15)5-6-13(14)18(19)20/h2-8H,1H3. The van der Waals surface area contributed by atoms with Crippen LogP contribution in [0.4, 0.5) is 21.5 Å². The summed E-state index contributed by atoms with van der Waals surface area (Å²) in [7, 11) is 1.58. The van der Waals surface area contributed by atoms with E-state index in [0.29, 0.717) is 11.3 Å². The average molecular weight is 271 g/mol. The molecule has 0 saturated carbocycles. The van der Waals surface area contributed by atoms with Gasteiger partial charge in [-0.2, -0.15) is 5.26 Å². The highest BCUT2D eigenvalue weighted by Crippen LogP contribution is 2.33. The quantitative estimate of drug-likeness (QED) is 0.633. The van der Waals surface area contributed by atoms with Gasteiger partial charge in [-0.25, -0.2) is 4.39 Å². The normalized spacial score (nSPS) is 9.85. The molecule has 20 heavy (non-hydrogen) atoms. The Morgan fingerprint density at radius 2 is 2.05 bits per heavy atom. The van der Waals surface area contributed by atoms with Crippen LogP contribution < -0.4 is 4.90 Å². The van der Waals surface area contributed by atoms with Gasteiger partial charge in [0.15, 0.2) is 0 Å². The summed E-state index contributed by atoms with van der Waals surface area (Å²) in [5.41, 5.74) is 0.924. The number of nitro benzene ring substituents is 1. The Balaban J connectivity index is 2.52. The van der Waals surface area contributed by atoms with Gasteiger partial charge in [-0.05, 0) is 24.3 Å². The first-order valence-corrected chi connectivity index (χ1v) is 5.71. The van der Waals surface area contributed by atoms with Crippen LogP contribution in [0.2, 0.25) is 0 Å². The molecular formula is C14H10FN3O2. The number of nitrogens with zero attached hydrogens (tertiary/aromatic N) is 3. The van der Waals surface area contributed by atoms with E-state index in [2.05, 4.69) is 0 Å². The molecule has 5 nitrogen and oxygen atoms in total. The molecule has 0 aliphatic rings. The van der Waals surface area contributed by atoms with Crippen LogP contribution >= 0.6 is 0 Å². The molecule has 2 aromatic rings. The predicted octanol–water partition coefficient (Wildman–Crippen LogP) is 3.37. The Morgan fingerprint density at radius 3 is 2.70 bits per heavy atom. The Hall–Kier alpha value is -2.94. The monoisotopic (exact) mass is 271 g/mol. The highest BCUT2D eigenvalue weighted by Gasteiger charge is 2.19. The molecule has 100 valence electrons. The summed E-state index contributed by atoms with van der Waals surface area (Å²) in [6.45, 7) is 0. The van der Waals surface area contributed by atoms with E-state index in [9.17, 15) is 14.5 Å². The van der Waals surface area contributed by atoms with Gasteiger partial charge in [0.05, 0.1) is 16.6 Å². The van der Waals surface area contributed by atoms with Crippen LogP contribution in [0.1, 0.15) is 5.56 Å². The molecule has 0 aliphatic carbocycles. The van der Waals surface area contributed by atoms with Crippen molar-refractivity contribution in [2.75, 3.05) is 11.9 Å². The van der Waals surface area contributed by atoms with Crippen molar-refractivity contribution in [2.24, 2.45) is 0 Å². The lowest BCUT2D eigenvalue weighted by molar-refractivity contribution is -0.384. The van der Waals surface area contributed by atoms with Gasteiger partial charge in [-0.1, -0.05) is 6.07 Å². The van der Waals surface area contributed by atoms with Gasteiger partial charge in [0.2, 0.25) is 0 Å².